The minimum Gasteiger partial charge on any atom is -0.465 e. The van der Waals surface area contributed by atoms with E-state index >= 15 is 0 Å². The molecule has 0 rings (SSSR count). The van der Waals surface area contributed by atoms with Crippen molar-refractivity contribution in [2.24, 2.45) is 5.41 Å². The molecule has 0 unspecified atom stereocenters. The van der Waals surface area contributed by atoms with E-state index in [1.165, 1.54) is 0 Å². The Morgan fingerprint density at radius 3 is 1.81 bits per heavy atom. The zero-order chi connectivity index (χ0) is 9.61. The molecule has 0 aliphatic heterocycles. The van der Waals surface area contributed by atoms with Crippen molar-refractivity contribution in [2.45, 2.75) is 76.7 Å². The van der Waals surface area contributed by atoms with Crippen LogP contribution in [0.3, 0.4) is 0 Å². The van der Waals surface area contributed by atoms with Gasteiger partial charge < -0.3 is 4.74 Å². The summed E-state index contributed by atoms with van der Waals surface area (Å²) in [5.74, 6) is -0.0709. The lowest BCUT2D eigenvalue weighted by molar-refractivity contribution is -0.154. The van der Waals surface area contributed by atoms with E-state index in [0.717, 1.165) is 19.3 Å². The number of unbranched alkanes of at least 4 members (excludes halogenated alkanes) is 1. The fraction of sp³-hybridized carbons (Fsp3) is 0.929. The van der Waals surface area contributed by atoms with Crippen LogP contribution in [-0.4, -0.2) is 12.6 Å². The molecule has 2 heteroatoms. The van der Waals surface area contributed by atoms with E-state index in [2.05, 4.69) is 6.92 Å². The second-order valence-electron chi connectivity index (χ2n) is 3.73. The molecular formula is C14H36O2. The Labute approximate surface area is 105 Å². The van der Waals surface area contributed by atoms with E-state index in [1.54, 1.807) is 0 Å². The monoisotopic (exact) mass is 236 g/mol. The molecule has 0 aliphatic carbocycles. The molecule has 0 aromatic heterocycles. The van der Waals surface area contributed by atoms with E-state index in [1.807, 2.05) is 20.8 Å². The number of hydrogen-bond acceptors (Lipinski definition) is 2. The highest BCUT2D eigenvalue weighted by Gasteiger charge is 2.26. The lowest BCUT2D eigenvalue weighted by atomic mass is 9.91. The van der Waals surface area contributed by atoms with Crippen molar-refractivity contribution >= 4 is 5.97 Å². The van der Waals surface area contributed by atoms with E-state index < -0.39 is 0 Å². The summed E-state index contributed by atoms with van der Waals surface area (Å²) in [6.45, 7) is 8.49. The normalized spacial score (nSPS) is 8.50. The van der Waals surface area contributed by atoms with Gasteiger partial charge in [-0.25, -0.2) is 0 Å². The SMILES string of the molecule is C.C.C.C.CCCCOC(=O)C(C)(C)CC. The highest BCUT2D eigenvalue weighted by molar-refractivity contribution is 5.75. The van der Waals surface area contributed by atoms with Crippen LogP contribution in [-0.2, 0) is 9.53 Å². The number of rotatable bonds is 5. The molecule has 0 fully saturated rings. The van der Waals surface area contributed by atoms with Gasteiger partial charge in [0.25, 0.3) is 0 Å². The molecule has 0 aromatic rings. The van der Waals surface area contributed by atoms with Crippen LogP contribution in [0.1, 0.15) is 76.7 Å². The predicted molar refractivity (Wildman–Crippen MR) is 76.9 cm³/mol. The van der Waals surface area contributed by atoms with Gasteiger partial charge in [-0.05, 0) is 26.7 Å². The van der Waals surface area contributed by atoms with Gasteiger partial charge in [-0.2, -0.15) is 0 Å². The summed E-state index contributed by atoms with van der Waals surface area (Å²) in [4.78, 5) is 11.3. The minimum absolute atomic E-state index is 0. The van der Waals surface area contributed by atoms with Crippen LogP contribution in [0.15, 0.2) is 0 Å². The lowest BCUT2D eigenvalue weighted by Gasteiger charge is -2.19. The molecule has 0 saturated heterocycles. The zero-order valence-corrected chi connectivity index (χ0v) is 8.64. The Bertz CT molecular complexity index is 140. The van der Waals surface area contributed by atoms with Gasteiger partial charge in [0.05, 0.1) is 12.0 Å². The molecule has 0 N–H and O–H groups in total. The molecule has 0 atom stereocenters. The van der Waals surface area contributed by atoms with E-state index in [0.29, 0.717) is 6.61 Å². The molecular weight excluding hydrogens is 200 g/mol. The topological polar surface area (TPSA) is 26.3 Å². The molecule has 0 saturated carbocycles. The third kappa shape index (κ3) is 11.5. The molecule has 0 aromatic carbocycles. The third-order valence-corrected chi connectivity index (χ3v) is 2.17. The molecule has 0 aliphatic rings. The first-order chi connectivity index (χ1) is 5.54. The summed E-state index contributed by atoms with van der Waals surface area (Å²) in [6.07, 6.45) is 2.86. The first kappa shape index (κ1) is 29.5. The van der Waals surface area contributed by atoms with Gasteiger partial charge in [0.15, 0.2) is 0 Å². The van der Waals surface area contributed by atoms with Gasteiger partial charge in [-0.3, -0.25) is 4.79 Å². The molecule has 16 heavy (non-hydrogen) atoms. The maximum atomic E-state index is 11.3. The number of carbonyl (C=O) groups is 1. The van der Waals surface area contributed by atoms with Crippen LogP contribution in [0.5, 0.6) is 0 Å². The summed E-state index contributed by atoms with van der Waals surface area (Å²) in [7, 11) is 0. The van der Waals surface area contributed by atoms with E-state index in [4.69, 9.17) is 4.74 Å². The van der Waals surface area contributed by atoms with Crippen LogP contribution < -0.4 is 0 Å². The third-order valence-electron chi connectivity index (χ3n) is 2.17. The highest BCUT2D eigenvalue weighted by Crippen LogP contribution is 2.21. The number of ether oxygens (including phenoxy) is 1. The average molecular weight is 236 g/mol. The second-order valence-corrected chi connectivity index (χ2v) is 3.73. The Hall–Kier alpha value is -0.530. The molecule has 0 radical (unpaired) electrons. The van der Waals surface area contributed by atoms with Crippen molar-refractivity contribution in [1.82, 2.24) is 0 Å². The van der Waals surface area contributed by atoms with Crippen molar-refractivity contribution in [1.29, 1.82) is 0 Å². The summed E-state index contributed by atoms with van der Waals surface area (Å²) in [5, 5.41) is 0. The van der Waals surface area contributed by atoms with Crippen molar-refractivity contribution in [3.8, 4) is 0 Å². The maximum Gasteiger partial charge on any atom is 0.311 e. The first-order valence-corrected chi connectivity index (χ1v) is 4.71. The lowest BCUT2D eigenvalue weighted by Crippen LogP contribution is -2.26. The minimum atomic E-state index is -0.312. The molecule has 0 amide bonds. The largest absolute Gasteiger partial charge is 0.465 e. The average Bonchev–Trinajstić information content (AvgIpc) is 2.05. The maximum absolute atomic E-state index is 11.3. The van der Waals surface area contributed by atoms with Gasteiger partial charge in [0.1, 0.15) is 0 Å². The Morgan fingerprint density at radius 2 is 1.50 bits per heavy atom. The summed E-state index contributed by atoms with van der Waals surface area (Å²) in [6, 6.07) is 0. The van der Waals surface area contributed by atoms with Gasteiger partial charge in [-0.1, -0.05) is 50.0 Å². The van der Waals surface area contributed by atoms with Crippen LogP contribution in [0.4, 0.5) is 0 Å². The first-order valence-electron chi connectivity index (χ1n) is 4.71. The summed E-state index contributed by atoms with van der Waals surface area (Å²) in [5.41, 5.74) is -0.312. The van der Waals surface area contributed by atoms with Crippen LogP contribution in [0.2, 0.25) is 0 Å². The van der Waals surface area contributed by atoms with E-state index in [9.17, 15) is 4.79 Å². The number of hydrogen-bond donors (Lipinski definition) is 0. The summed E-state index contributed by atoms with van der Waals surface area (Å²) >= 11 is 0. The fourth-order valence-corrected chi connectivity index (χ4v) is 0.649. The number of esters is 1. The van der Waals surface area contributed by atoms with E-state index in [-0.39, 0.29) is 41.1 Å². The Kier molecular flexibility index (Phi) is 26.7. The second kappa shape index (κ2) is 14.5. The standard InChI is InChI=1S/C10H20O2.4CH4/c1-5-7-8-12-9(11)10(3,4)6-2;;;;/h5-8H2,1-4H3;4*1H4. The van der Waals surface area contributed by atoms with Crippen LogP contribution >= 0.6 is 0 Å². The van der Waals surface area contributed by atoms with Crippen molar-refractivity contribution in [3.05, 3.63) is 0 Å². The summed E-state index contributed by atoms with van der Waals surface area (Å²) < 4.78 is 5.10. The van der Waals surface area contributed by atoms with Gasteiger partial charge >= 0.3 is 5.97 Å². The fourth-order valence-electron chi connectivity index (χ4n) is 0.649. The molecule has 0 spiro atoms. The molecule has 104 valence electrons. The van der Waals surface area contributed by atoms with Crippen molar-refractivity contribution < 1.29 is 9.53 Å². The van der Waals surface area contributed by atoms with Crippen LogP contribution in [0, 0.1) is 5.41 Å². The molecule has 0 bridgehead atoms. The van der Waals surface area contributed by atoms with Crippen LogP contribution in [0.25, 0.3) is 0 Å². The zero-order valence-electron chi connectivity index (χ0n) is 8.64. The molecule has 2 nitrogen and oxygen atoms in total. The highest BCUT2D eigenvalue weighted by atomic mass is 16.5. The van der Waals surface area contributed by atoms with Gasteiger partial charge in [0, 0.05) is 0 Å². The quantitative estimate of drug-likeness (QED) is 0.477. The van der Waals surface area contributed by atoms with Gasteiger partial charge in [0.2, 0.25) is 0 Å². The molecule has 0 heterocycles. The predicted octanol–water partition coefficient (Wildman–Crippen LogP) is 5.31. The van der Waals surface area contributed by atoms with Crippen molar-refractivity contribution in [2.75, 3.05) is 6.61 Å². The Morgan fingerprint density at radius 1 is 1.06 bits per heavy atom. The Balaban J connectivity index is -0.000000101. The smallest absolute Gasteiger partial charge is 0.311 e. The van der Waals surface area contributed by atoms with Crippen molar-refractivity contribution in [3.63, 3.8) is 0 Å². The van der Waals surface area contributed by atoms with Gasteiger partial charge in [-0.15, -0.1) is 0 Å². The number of carbonyl (C=O) groups excluding carboxylic acids is 1.